The Morgan fingerprint density at radius 1 is 0.962 bits per heavy atom. The van der Waals surface area contributed by atoms with Crippen LogP contribution in [0.3, 0.4) is 0 Å². The first-order valence-corrected chi connectivity index (χ1v) is 8.72. The number of ether oxygens (including phenoxy) is 1. The van der Waals surface area contributed by atoms with Crippen LogP contribution in [0, 0.1) is 0 Å². The van der Waals surface area contributed by atoms with Crippen LogP contribution < -0.4 is 10.6 Å². The van der Waals surface area contributed by atoms with E-state index in [0.717, 1.165) is 0 Å². The molecule has 0 aromatic heterocycles. The molecule has 1 aliphatic heterocycles. The summed E-state index contributed by atoms with van der Waals surface area (Å²) in [7, 11) is 1.87. The molecule has 1 fully saturated rings. The molecule has 1 rings (SSSR count). The molecule has 10 nitrogen and oxygen atoms in total. The molecule has 0 aromatic rings. The maximum Gasteiger partial charge on any atom is 0.221 e. The summed E-state index contributed by atoms with van der Waals surface area (Å²) in [6.45, 7) is 3.58. The van der Waals surface area contributed by atoms with Gasteiger partial charge >= 0.3 is 0 Å². The Bertz CT molecular complexity index is 457. The average molecular weight is 378 g/mol. The standard InChI is InChI=1S/C16H31N3O7/c1-10(21)17-8-19(3,9-18-11(2)22)6-4-5-12-14(23)16(25)15(24)13(7-20)26-12/h12-16,20,23-25H,4-9H2,1-3H3,(H-,17,18,21,22)/p+1/t12-,13?,14?,15-,16?/m1/s1. The fourth-order valence-electron chi connectivity index (χ4n) is 2.91. The number of aliphatic hydroxyl groups is 4. The van der Waals surface area contributed by atoms with Crippen molar-refractivity contribution in [3.05, 3.63) is 0 Å². The van der Waals surface area contributed by atoms with E-state index in [-0.39, 0.29) is 11.8 Å². The van der Waals surface area contributed by atoms with E-state index in [1.165, 1.54) is 13.8 Å². The molecule has 10 heteroatoms. The highest BCUT2D eigenvalue weighted by atomic mass is 16.5. The van der Waals surface area contributed by atoms with Crippen molar-refractivity contribution < 1.29 is 39.2 Å². The lowest BCUT2D eigenvalue weighted by molar-refractivity contribution is -0.913. The SMILES string of the molecule is CC(=O)NC[N+](C)(CCC[C@H]1OC(CO)[C@@H](O)C(O)C1O)CNC(C)=O. The molecule has 0 saturated carbocycles. The summed E-state index contributed by atoms with van der Waals surface area (Å²) in [5, 5.41) is 44.4. The highest BCUT2D eigenvalue weighted by Gasteiger charge is 2.43. The van der Waals surface area contributed by atoms with Gasteiger partial charge in [0.25, 0.3) is 0 Å². The van der Waals surface area contributed by atoms with Crippen molar-refractivity contribution in [3.8, 4) is 0 Å². The van der Waals surface area contributed by atoms with Gasteiger partial charge < -0.3 is 35.8 Å². The number of hydrogen-bond donors (Lipinski definition) is 6. The minimum absolute atomic E-state index is 0.175. The lowest BCUT2D eigenvalue weighted by Gasteiger charge is -2.40. The Balaban J connectivity index is 2.61. The molecule has 1 saturated heterocycles. The summed E-state index contributed by atoms with van der Waals surface area (Å²) in [6, 6.07) is 0. The van der Waals surface area contributed by atoms with Gasteiger partial charge in [0.1, 0.15) is 24.4 Å². The molecule has 1 heterocycles. The van der Waals surface area contributed by atoms with Crippen LogP contribution in [0.25, 0.3) is 0 Å². The van der Waals surface area contributed by atoms with E-state index in [1.807, 2.05) is 7.05 Å². The second kappa shape index (κ2) is 10.1. The number of nitrogens with one attached hydrogen (secondary N) is 2. The number of nitrogens with zero attached hydrogens (tertiary/aromatic N) is 1. The molecule has 5 atom stereocenters. The van der Waals surface area contributed by atoms with Crippen molar-refractivity contribution in [2.45, 2.75) is 57.2 Å². The summed E-state index contributed by atoms with van der Waals surface area (Å²) < 4.78 is 5.83. The summed E-state index contributed by atoms with van der Waals surface area (Å²) in [6.07, 6.45) is -4.69. The largest absolute Gasteiger partial charge is 0.394 e. The highest BCUT2D eigenvalue weighted by Crippen LogP contribution is 2.24. The fourth-order valence-corrected chi connectivity index (χ4v) is 2.91. The molecule has 152 valence electrons. The van der Waals surface area contributed by atoms with Crippen LogP contribution in [0.15, 0.2) is 0 Å². The van der Waals surface area contributed by atoms with Crippen molar-refractivity contribution in [2.75, 3.05) is 33.5 Å². The summed E-state index contributed by atoms with van der Waals surface area (Å²) >= 11 is 0. The topological polar surface area (TPSA) is 148 Å². The van der Waals surface area contributed by atoms with E-state index < -0.39 is 37.1 Å². The van der Waals surface area contributed by atoms with Gasteiger partial charge in [-0.2, -0.15) is 0 Å². The van der Waals surface area contributed by atoms with Gasteiger partial charge in [0.05, 0.1) is 26.3 Å². The van der Waals surface area contributed by atoms with E-state index in [0.29, 0.717) is 37.2 Å². The Morgan fingerprint density at radius 2 is 1.46 bits per heavy atom. The monoisotopic (exact) mass is 378 g/mol. The van der Waals surface area contributed by atoms with Crippen LogP contribution in [0.2, 0.25) is 0 Å². The number of rotatable bonds is 9. The minimum atomic E-state index is -1.38. The second-order valence-corrected chi connectivity index (χ2v) is 7.13. The maximum atomic E-state index is 11.2. The van der Waals surface area contributed by atoms with E-state index in [4.69, 9.17) is 4.74 Å². The Labute approximate surface area is 153 Å². The van der Waals surface area contributed by atoms with E-state index in [9.17, 15) is 30.0 Å². The number of quaternary nitrogens is 1. The van der Waals surface area contributed by atoms with Crippen LogP contribution in [0.4, 0.5) is 0 Å². The van der Waals surface area contributed by atoms with Gasteiger partial charge in [-0.1, -0.05) is 0 Å². The van der Waals surface area contributed by atoms with Crippen molar-refractivity contribution in [1.82, 2.24) is 10.6 Å². The van der Waals surface area contributed by atoms with Gasteiger partial charge in [0.15, 0.2) is 13.3 Å². The van der Waals surface area contributed by atoms with Crippen LogP contribution in [-0.2, 0) is 14.3 Å². The Hall–Kier alpha value is -1.30. The molecule has 0 aromatic carbocycles. The third-order valence-electron chi connectivity index (χ3n) is 4.60. The maximum absolute atomic E-state index is 11.2. The van der Waals surface area contributed by atoms with Crippen LogP contribution in [0.1, 0.15) is 26.7 Å². The van der Waals surface area contributed by atoms with E-state index in [2.05, 4.69) is 10.6 Å². The number of amides is 2. The fraction of sp³-hybridized carbons (Fsp3) is 0.875. The summed E-state index contributed by atoms with van der Waals surface area (Å²) in [5.74, 6) is -0.350. The van der Waals surface area contributed by atoms with E-state index in [1.54, 1.807) is 0 Å². The van der Waals surface area contributed by atoms with Crippen LogP contribution in [0.5, 0.6) is 0 Å². The zero-order valence-corrected chi connectivity index (χ0v) is 15.6. The van der Waals surface area contributed by atoms with Gasteiger partial charge in [-0.05, 0) is 12.8 Å². The number of carbonyl (C=O) groups excluding carboxylic acids is 2. The third-order valence-corrected chi connectivity index (χ3v) is 4.60. The first kappa shape index (κ1) is 22.7. The van der Waals surface area contributed by atoms with Crippen molar-refractivity contribution >= 4 is 11.8 Å². The summed E-state index contributed by atoms with van der Waals surface area (Å²) in [4.78, 5) is 22.4. The molecule has 26 heavy (non-hydrogen) atoms. The number of carbonyl (C=O) groups is 2. The molecule has 0 bridgehead atoms. The van der Waals surface area contributed by atoms with E-state index >= 15 is 0 Å². The normalized spacial score (nSPS) is 29.3. The third kappa shape index (κ3) is 6.78. The van der Waals surface area contributed by atoms with Gasteiger partial charge in [-0.25, -0.2) is 0 Å². The zero-order chi connectivity index (χ0) is 19.9. The van der Waals surface area contributed by atoms with Gasteiger partial charge in [-0.15, -0.1) is 0 Å². The van der Waals surface area contributed by atoms with Gasteiger partial charge in [0, 0.05) is 13.8 Å². The molecule has 0 radical (unpaired) electrons. The van der Waals surface area contributed by atoms with Crippen molar-refractivity contribution in [1.29, 1.82) is 0 Å². The molecular formula is C16H32N3O7+. The van der Waals surface area contributed by atoms with Crippen molar-refractivity contribution in [3.63, 3.8) is 0 Å². The van der Waals surface area contributed by atoms with Crippen LogP contribution in [-0.4, -0.2) is 101 Å². The smallest absolute Gasteiger partial charge is 0.221 e. The second-order valence-electron chi connectivity index (χ2n) is 7.13. The first-order chi connectivity index (χ1) is 12.1. The molecule has 0 spiro atoms. The molecule has 1 aliphatic rings. The highest BCUT2D eigenvalue weighted by molar-refractivity contribution is 5.73. The predicted octanol–water partition coefficient (Wildman–Crippen LogP) is -2.76. The molecule has 0 aliphatic carbocycles. The lowest BCUT2D eigenvalue weighted by Crippen LogP contribution is -2.59. The molecular weight excluding hydrogens is 346 g/mol. The quantitative estimate of drug-likeness (QED) is 0.188. The average Bonchev–Trinajstić information content (AvgIpc) is 2.58. The van der Waals surface area contributed by atoms with Gasteiger partial charge in [-0.3, -0.25) is 14.1 Å². The lowest BCUT2D eigenvalue weighted by atomic mass is 9.93. The number of hydrogen-bond acceptors (Lipinski definition) is 7. The molecule has 2 amide bonds. The van der Waals surface area contributed by atoms with Crippen molar-refractivity contribution in [2.24, 2.45) is 0 Å². The minimum Gasteiger partial charge on any atom is -0.394 e. The Morgan fingerprint density at radius 3 is 1.92 bits per heavy atom. The molecule has 6 N–H and O–H groups in total. The number of aliphatic hydroxyl groups excluding tert-OH is 4. The van der Waals surface area contributed by atoms with Gasteiger partial charge in [0.2, 0.25) is 11.8 Å². The molecule has 3 unspecified atom stereocenters. The first-order valence-electron chi connectivity index (χ1n) is 8.72. The van der Waals surface area contributed by atoms with Crippen LogP contribution >= 0.6 is 0 Å². The zero-order valence-electron chi connectivity index (χ0n) is 15.6. The summed E-state index contributed by atoms with van der Waals surface area (Å²) in [5.41, 5.74) is 0. The predicted molar refractivity (Wildman–Crippen MR) is 91.4 cm³/mol. The Kier molecular flexibility index (Phi) is 8.87.